The quantitative estimate of drug-likeness (QED) is 0.150. The van der Waals surface area contributed by atoms with Gasteiger partial charge in [0.15, 0.2) is 23.2 Å². The molecule has 12 nitrogen and oxygen atoms in total. The summed E-state index contributed by atoms with van der Waals surface area (Å²) < 4.78 is 13.1. The molecule has 0 radical (unpaired) electrons. The van der Waals surface area contributed by atoms with Crippen LogP contribution in [0.15, 0.2) is 41.8 Å². The highest BCUT2D eigenvalue weighted by molar-refractivity contribution is 5.85. The molecule has 0 spiro atoms. The molecule has 4 atom stereocenters. The van der Waals surface area contributed by atoms with E-state index in [1.165, 1.54) is 6.33 Å². The van der Waals surface area contributed by atoms with Crippen LogP contribution in [0.3, 0.4) is 0 Å². The number of hydrogen-bond donors (Lipinski definition) is 3. The third kappa shape index (κ3) is 6.16. The highest BCUT2D eigenvalue weighted by Gasteiger charge is 2.45. The lowest BCUT2D eigenvalue weighted by atomic mass is 10.1. The molecule has 4 N–H and O–H groups in total. The smallest absolute Gasteiger partial charge is 0.222 e. The van der Waals surface area contributed by atoms with Crippen LogP contribution in [0.1, 0.15) is 32.9 Å². The summed E-state index contributed by atoms with van der Waals surface area (Å²) in [6, 6.07) is 9.49. The number of nitrogen functional groups attached to an aromatic ring is 1. The number of nitrogens with two attached hydrogens (primary N) is 1. The van der Waals surface area contributed by atoms with Gasteiger partial charge >= 0.3 is 0 Å². The molecule has 0 unspecified atom stereocenters. The molecule has 1 aliphatic rings. The first-order chi connectivity index (χ1) is 17.9. The Morgan fingerprint density at radius 3 is 2.73 bits per heavy atom. The lowest BCUT2D eigenvalue weighted by molar-refractivity contribution is -0.0414. The first-order valence-corrected chi connectivity index (χ1v) is 12.4. The Labute approximate surface area is 215 Å². The number of anilines is 1. The summed E-state index contributed by atoms with van der Waals surface area (Å²) in [5.41, 5.74) is 7.71. The zero-order valence-electron chi connectivity index (χ0n) is 21.4. The van der Waals surface area contributed by atoms with E-state index in [0.29, 0.717) is 42.6 Å². The van der Waals surface area contributed by atoms with Crippen molar-refractivity contribution in [3.05, 3.63) is 36.7 Å². The van der Waals surface area contributed by atoms with Crippen molar-refractivity contribution < 1.29 is 24.5 Å². The molecule has 1 fully saturated rings. The van der Waals surface area contributed by atoms with Crippen molar-refractivity contribution >= 4 is 22.9 Å². The van der Waals surface area contributed by atoms with E-state index in [-0.39, 0.29) is 5.82 Å². The average Bonchev–Trinajstić information content (AvgIpc) is 3.40. The first kappa shape index (κ1) is 26.7. The molecular formula is C25H35N7O5. The van der Waals surface area contributed by atoms with Crippen molar-refractivity contribution in [2.24, 2.45) is 5.16 Å². The van der Waals surface area contributed by atoms with E-state index in [4.69, 9.17) is 20.0 Å². The summed E-state index contributed by atoms with van der Waals surface area (Å²) in [6.07, 6.45) is -0.755. The third-order valence-electron chi connectivity index (χ3n) is 6.19. The third-order valence-corrected chi connectivity index (χ3v) is 6.19. The number of rotatable bonds is 11. The van der Waals surface area contributed by atoms with Crippen molar-refractivity contribution in [1.29, 1.82) is 0 Å². The summed E-state index contributed by atoms with van der Waals surface area (Å²) in [4.78, 5) is 20.4. The molecule has 37 heavy (non-hydrogen) atoms. The number of aromatic nitrogens is 4. The van der Waals surface area contributed by atoms with Gasteiger partial charge in [0.1, 0.15) is 37.1 Å². The highest BCUT2D eigenvalue weighted by atomic mass is 16.6. The summed E-state index contributed by atoms with van der Waals surface area (Å²) in [6.45, 7) is 5.89. The first-order valence-electron chi connectivity index (χ1n) is 12.4. The van der Waals surface area contributed by atoms with Crippen LogP contribution in [0.5, 0.6) is 0 Å². The number of nitrogens with zero attached hydrogens (tertiary/aromatic N) is 6. The SMILES string of the molecule is CCO/C(C)=N/OCCCCN(C)C[C@H]1O[C@@H](n2c(-c3ccccc3)nc3c(N)ncnc32)[C@H](O)[C@@H]1O. The number of benzene rings is 1. The summed E-state index contributed by atoms with van der Waals surface area (Å²) in [5, 5.41) is 25.8. The fraction of sp³-hybridized carbons (Fsp3) is 0.520. The Kier molecular flexibility index (Phi) is 8.87. The van der Waals surface area contributed by atoms with Crippen LogP contribution in [0.25, 0.3) is 22.6 Å². The normalized spacial score (nSPS) is 22.2. The molecule has 1 saturated heterocycles. The summed E-state index contributed by atoms with van der Waals surface area (Å²) in [7, 11) is 1.95. The Morgan fingerprint density at radius 2 is 1.97 bits per heavy atom. The molecule has 12 heteroatoms. The van der Waals surface area contributed by atoms with Gasteiger partial charge in [-0.1, -0.05) is 35.5 Å². The van der Waals surface area contributed by atoms with Crippen molar-refractivity contribution in [3.63, 3.8) is 0 Å². The Morgan fingerprint density at radius 1 is 1.19 bits per heavy atom. The fourth-order valence-corrected chi connectivity index (χ4v) is 4.37. The molecular weight excluding hydrogens is 478 g/mol. The number of aliphatic hydroxyl groups excluding tert-OH is 2. The number of unbranched alkanes of at least 4 members (excludes halogenated alkanes) is 1. The number of hydrogen-bond acceptors (Lipinski definition) is 11. The number of fused-ring (bicyclic) bond motifs is 1. The van der Waals surface area contributed by atoms with E-state index in [1.54, 1.807) is 11.5 Å². The largest absolute Gasteiger partial charge is 0.479 e. The maximum atomic E-state index is 11.0. The number of ether oxygens (including phenoxy) is 2. The highest BCUT2D eigenvalue weighted by Crippen LogP contribution is 2.36. The molecule has 3 aromatic rings. The number of imidazole rings is 1. The van der Waals surface area contributed by atoms with E-state index >= 15 is 0 Å². The van der Waals surface area contributed by atoms with Gasteiger partial charge in [-0.3, -0.25) is 4.57 Å². The van der Waals surface area contributed by atoms with Crippen molar-refractivity contribution in [3.8, 4) is 11.4 Å². The Bertz CT molecular complexity index is 1190. The van der Waals surface area contributed by atoms with Gasteiger partial charge in [0.25, 0.3) is 0 Å². The monoisotopic (exact) mass is 513 g/mol. The molecule has 0 amide bonds. The standard InChI is InChI=1S/C25H35N7O5/c1-4-35-16(2)30-36-13-9-8-12-31(3)14-18-20(33)21(34)25(37-18)32-23(17-10-6-5-7-11-17)29-19-22(26)27-15-28-24(19)32/h5-7,10-11,15,18,20-21,25,33-34H,4,8-9,12-14H2,1-3H3,(H2,26,27,28)/b30-16+/t18-,20-,21-,25-/m1/s1. The molecule has 4 rings (SSSR count). The van der Waals surface area contributed by atoms with Crippen LogP contribution in [0.4, 0.5) is 5.82 Å². The number of oxime groups is 1. The molecule has 1 aromatic carbocycles. The van der Waals surface area contributed by atoms with Crippen molar-refractivity contribution in [1.82, 2.24) is 24.4 Å². The van der Waals surface area contributed by atoms with Gasteiger partial charge in [-0.25, -0.2) is 15.0 Å². The predicted octanol–water partition coefficient (Wildman–Crippen LogP) is 1.79. The van der Waals surface area contributed by atoms with Crippen LogP contribution in [0, 0.1) is 0 Å². The van der Waals surface area contributed by atoms with E-state index in [1.807, 2.05) is 44.3 Å². The molecule has 200 valence electrons. The van der Waals surface area contributed by atoms with Crippen LogP contribution in [-0.2, 0) is 14.3 Å². The zero-order chi connectivity index (χ0) is 26.4. The molecule has 3 heterocycles. The molecule has 0 bridgehead atoms. The summed E-state index contributed by atoms with van der Waals surface area (Å²) >= 11 is 0. The summed E-state index contributed by atoms with van der Waals surface area (Å²) in [5.74, 6) is 1.26. The van der Waals surface area contributed by atoms with Gasteiger partial charge in [-0.05, 0) is 33.4 Å². The maximum Gasteiger partial charge on any atom is 0.222 e. The van der Waals surface area contributed by atoms with E-state index in [2.05, 4.69) is 25.0 Å². The zero-order valence-corrected chi connectivity index (χ0v) is 21.4. The molecule has 0 aliphatic carbocycles. The van der Waals surface area contributed by atoms with Crippen LogP contribution >= 0.6 is 0 Å². The lowest BCUT2D eigenvalue weighted by Crippen LogP contribution is -2.38. The lowest BCUT2D eigenvalue weighted by Gasteiger charge is -2.23. The fourth-order valence-electron chi connectivity index (χ4n) is 4.37. The van der Waals surface area contributed by atoms with Crippen LogP contribution in [-0.4, -0.2) is 92.2 Å². The van der Waals surface area contributed by atoms with E-state index in [9.17, 15) is 10.2 Å². The molecule has 1 aliphatic heterocycles. The van der Waals surface area contributed by atoms with Gasteiger partial charge in [0, 0.05) is 19.0 Å². The van der Waals surface area contributed by atoms with Gasteiger partial charge in [-0.15, -0.1) is 0 Å². The maximum absolute atomic E-state index is 11.0. The van der Waals surface area contributed by atoms with Crippen LogP contribution < -0.4 is 5.73 Å². The van der Waals surface area contributed by atoms with Gasteiger partial charge in [0.05, 0.1) is 6.61 Å². The minimum Gasteiger partial charge on any atom is -0.479 e. The van der Waals surface area contributed by atoms with Gasteiger partial charge in [-0.2, -0.15) is 0 Å². The second-order valence-corrected chi connectivity index (χ2v) is 8.99. The van der Waals surface area contributed by atoms with Crippen molar-refractivity contribution in [2.45, 2.75) is 51.2 Å². The molecule has 0 saturated carbocycles. The van der Waals surface area contributed by atoms with E-state index in [0.717, 1.165) is 24.9 Å². The molecule has 2 aromatic heterocycles. The Hall–Kier alpha value is -3.32. The second kappa shape index (κ2) is 12.3. The van der Waals surface area contributed by atoms with Gasteiger partial charge < -0.3 is 35.2 Å². The predicted molar refractivity (Wildman–Crippen MR) is 139 cm³/mol. The minimum atomic E-state index is -1.19. The van der Waals surface area contributed by atoms with Crippen LogP contribution in [0.2, 0.25) is 0 Å². The van der Waals surface area contributed by atoms with E-state index < -0.39 is 24.5 Å². The number of aliphatic hydroxyl groups is 2. The van der Waals surface area contributed by atoms with Crippen molar-refractivity contribution in [2.75, 3.05) is 39.1 Å². The van der Waals surface area contributed by atoms with Gasteiger partial charge in [0.2, 0.25) is 5.90 Å². The second-order valence-electron chi connectivity index (χ2n) is 8.99. The Balaban J connectivity index is 1.42. The number of likely N-dealkylation sites (N-methyl/N-ethyl adjacent to an activating group) is 1. The topological polar surface area (TPSA) is 153 Å². The minimum absolute atomic E-state index is 0.230. The average molecular weight is 514 g/mol.